The number of rotatable bonds is 9. The van der Waals surface area contributed by atoms with Crippen molar-refractivity contribution in [2.75, 3.05) is 37.6 Å². The summed E-state index contributed by atoms with van der Waals surface area (Å²) in [4.78, 5) is 42.0. The molecule has 0 radical (unpaired) electrons. The van der Waals surface area contributed by atoms with E-state index >= 15 is 0 Å². The molecular formula is C30H42N4O5. The van der Waals surface area contributed by atoms with Gasteiger partial charge < -0.3 is 19.3 Å². The quantitative estimate of drug-likeness (QED) is 0.330. The number of piperazine rings is 1. The highest BCUT2D eigenvalue weighted by molar-refractivity contribution is 5.95. The normalized spacial score (nSPS) is 13.5. The van der Waals surface area contributed by atoms with E-state index in [4.69, 9.17) is 9.47 Å². The van der Waals surface area contributed by atoms with E-state index < -0.39 is 11.7 Å². The van der Waals surface area contributed by atoms with Gasteiger partial charge in [-0.1, -0.05) is 56.5 Å². The molecule has 0 aliphatic carbocycles. The van der Waals surface area contributed by atoms with Gasteiger partial charge in [0.2, 0.25) is 0 Å². The number of nitrogens with zero attached hydrogens (tertiary/aromatic N) is 3. The number of amides is 3. The molecule has 0 unspecified atom stereocenters. The van der Waals surface area contributed by atoms with Crippen molar-refractivity contribution in [2.24, 2.45) is 0 Å². The maximum atomic E-state index is 13.0. The molecule has 3 amide bonds. The Morgan fingerprint density at radius 3 is 2.18 bits per heavy atom. The fourth-order valence-electron chi connectivity index (χ4n) is 4.18. The summed E-state index contributed by atoms with van der Waals surface area (Å²) in [6.45, 7) is 10.6. The van der Waals surface area contributed by atoms with Crippen LogP contribution in [0, 0.1) is 0 Å². The van der Waals surface area contributed by atoms with Crippen molar-refractivity contribution < 1.29 is 23.9 Å². The predicted molar refractivity (Wildman–Crippen MR) is 151 cm³/mol. The second kappa shape index (κ2) is 14.4. The van der Waals surface area contributed by atoms with Gasteiger partial charge in [0.25, 0.3) is 5.91 Å². The van der Waals surface area contributed by atoms with Crippen LogP contribution in [0.3, 0.4) is 0 Å². The molecule has 3 rings (SSSR count). The molecule has 2 aromatic rings. The van der Waals surface area contributed by atoms with Crippen LogP contribution >= 0.6 is 0 Å². The molecule has 1 aliphatic heterocycles. The molecule has 0 bridgehead atoms. The highest BCUT2D eigenvalue weighted by atomic mass is 16.6. The molecule has 212 valence electrons. The lowest BCUT2D eigenvalue weighted by Gasteiger charge is -2.35. The third-order valence-corrected chi connectivity index (χ3v) is 6.32. The van der Waals surface area contributed by atoms with Gasteiger partial charge in [-0.15, -0.1) is 0 Å². The molecule has 9 nitrogen and oxygen atoms in total. The standard InChI is InChI=1S/C30H42N4O5/c1-5-6-7-11-18-34(29(37)39-30(2,3)4)31-27(35)25-14-16-26(17-15-25)32-19-21-33(22-20-32)28(36)38-23-24-12-9-8-10-13-24/h8-10,12-17H,5-7,11,18-23H2,1-4H3,(H,31,35). The van der Waals surface area contributed by atoms with E-state index in [0.29, 0.717) is 38.3 Å². The van der Waals surface area contributed by atoms with Gasteiger partial charge in [-0.05, 0) is 57.0 Å². The molecule has 39 heavy (non-hydrogen) atoms. The minimum Gasteiger partial charge on any atom is -0.445 e. The van der Waals surface area contributed by atoms with E-state index in [0.717, 1.165) is 36.9 Å². The average Bonchev–Trinajstić information content (AvgIpc) is 2.93. The predicted octanol–water partition coefficient (Wildman–Crippen LogP) is 5.61. The smallest absolute Gasteiger partial charge is 0.429 e. The zero-order valence-electron chi connectivity index (χ0n) is 23.7. The zero-order valence-corrected chi connectivity index (χ0v) is 23.7. The number of ether oxygens (including phenoxy) is 2. The lowest BCUT2D eigenvalue weighted by Crippen LogP contribution is -2.49. The van der Waals surface area contributed by atoms with Gasteiger partial charge in [0, 0.05) is 44.0 Å². The summed E-state index contributed by atoms with van der Waals surface area (Å²) in [6.07, 6.45) is 3.02. The molecule has 0 saturated carbocycles. The molecule has 9 heteroatoms. The van der Waals surface area contributed by atoms with Gasteiger partial charge in [-0.25, -0.2) is 14.6 Å². The summed E-state index contributed by atoms with van der Waals surface area (Å²) >= 11 is 0. The minimum atomic E-state index is -0.659. The lowest BCUT2D eigenvalue weighted by molar-refractivity contribution is 0.0129. The van der Waals surface area contributed by atoms with Crippen molar-refractivity contribution in [2.45, 2.75) is 65.6 Å². The molecule has 1 N–H and O–H groups in total. The molecule has 2 aromatic carbocycles. The molecular weight excluding hydrogens is 496 g/mol. The highest BCUT2D eigenvalue weighted by Crippen LogP contribution is 2.19. The second-order valence-electron chi connectivity index (χ2n) is 10.7. The number of nitrogens with one attached hydrogen (secondary N) is 1. The van der Waals surface area contributed by atoms with E-state index in [1.54, 1.807) is 37.8 Å². The first-order valence-corrected chi connectivity index (χ1v) is 13.8. The Labute approximate surface area is 232 Å². The van der Waals surface area contributed by atoms with Gasteiger partial charge in [-0.2, -0.15) is 0 Å². The van der Waals surface area contributed by atoms with Crippen LogP contribution in [0.4, 0.5) is 15.3 Å². The fraction of sp³-hybridized carbons (Fsp3) is 0.500. The fourth-order valence-corrected chi connectivity index (χ4v) is 4.18. The van der Waals surface area contributed by atoms with Crippen molar-refractivity contribution in [1.29, 1.82) is 0 Å². The van der Waals surface area contributed by atoms with Gasteiger partial charge in [0.1, 0.15) is 12.2 Å². The Hall–Kier alpha value is -3.75. The Bertz CT molecular complexity index is 1060. The number of hydrazine groups is 1. The topological polar surface area (TPSA) is 91.4 Å². The zero-order chi connectivity index (χ0) is 28.3. The SMILES string of the molecule is CCCCCCN(NC(=O)c1ccc(N2CCN(C(=O)OCc3ccccc3)CC2)cc1)C(=O)OC(C)(C)C. The molecule has 0 atom stereocenters. The molecule has 1 saturated heterocycles. The number of unbranched alkanes of at least 4 members (excludes halogenated alkanes) is 3. The number of anilines is 1. The number of carbonyl (C=O) groups is 3. The number of benzene rings is 2. The molecule has 1 heterocycles. The first-order chi connectivity index (χ1) is 18.7. The van der Waals surface area contributed by atoms with Gasteiger partial charge >= 0.3 is 12.2 Å². The summed E-state index contributed by atoms with van der Waals surface area (Å²) in [7, 11) is 0. The average molecular weight is 539 g/mol. The maximum absolute atomic E-state index is 13.0. The van der Waals surface area contributed by atoms with Crippen LogP contribution in [0.2, 0.25) is 0 Å². The van der Waals surface area contributed by atoms with Crippen molar-refractivity contribution in [1.82, 2.24) is 15.3 Å². The maximum Gasteiger partial charge on any atom is 0.429 e. The molecule has 0 spiro atoms. The largest absolute Gasteiger partial charge is 0.445 e. The Morgan fingerprint density at radius 1 is 0.897 bits per heavy atom. The number of carbonyl (C=O) groups excluding carboxylic acids is 3. The summed E-state index contributed by atoms with van der Waals surface area (Å²) in [6, 6.07) is 16.9. The van der Waals surface area contributed by atoms with E-state index in [2.05, 4.69) is 17.2 Å². The van der Waals surface area contributed by atoms with Crippen LogP contribution in [-0.4, -0.2) is 66.3 Å². The molecule has 1 fully saturated rings. The number of hydrogen-bond acceptors (Lipinski definition) is 6. The van der Waals surface area contributed by atoms with Crippen LogP contribution in [0.5, 0.6) is 0 Å². The van der Waals surface area contributed by atoms with Crippen molar-refractivity contribution in [3.05, 3.63) is 65.7 Å². The summed E-state index contributed by atoms with van der Waals surface area (Å²) in [5.74, 6) is -0.367. The van der Waals surface area contributed by atoms with Crippen molar-refractivity contribution >= 4 is 23.8 Å². The monoisotopic (exact) mass is 538 g/mol. The van der Waals surface area contributed by atoms with Crippen LogP contribution in [0.25, 0.3) is 0 Å². The molecule has 1 aliphatic rings. The minimum absolute atomic E-state index is 0.257. The number of hydrogen-bond donors (Lipinski definition) is 1. The van der Waals surface area contributed by atoms with Crippen LogP contribution < -0.4 is 10.3 Å². The highest BCUT2D eigenvalue weighted by Gasteiger charge is 2.25. The van der Waals surface area contributed by atoms with E-state index in [-0.39, 0.29) is 18.6 Å². The third-order valence-electron chi connectivity index (χ3n) is 6.32. The van der Waals surface area contributed by atoms with Gasteiger partial charge in [-0.3, -0.25) is 10.2 Å². The van der Waals surface area contributed by atoms with Crippen molar-refractivity contribution in [3.63, 3.8) is 0 Å². The lowest BCUT2D eigenvalue weighted by atomic mass is 10.1. The van der Waals surface area contributed by atoms with E-state index in [1.807, 2.05) is 42.5 Å². The van der Waals surface area contributed by atoms with Crippen LogP contribution in [0.1, 0.15) is 69.3 Å². The van der Waals surface area contributed by atoms with Gasteiger partial charge in [0.05, 0.1) is 0 Å². The Morgan fingerprint density at radius 2 is 1.56 bits per heavy atom. The first-order valence-electron chi connectivity index (χ1n) is 13.8. The summed E-state index contributed by atoms with van der Waals surface area (Å²) < 4.78 is 10.9. The van der Waals surface area contributed by atoms with Crippen LogP contribution in [0.15, 0.2) is 54.6 Å². The summed E-state index contributed by atoms with van der Waals surface area (Å²) in [5.41, 5.74) is 4.43. The third kappa shape index (κ3) is 9.81. The second-order valence-corrected chi connectivity index (χ2v) is 10.7. The van der Waals surface area contributed by atoms with E-state index in [1.165, 1.54) is 5.01 Å². The van der Waals surface area contributed by atoms with Crippen LogP contribution in [-0.2, 0) is 16.1 Å². The van der Waals surface area contributed by atoms with Crippen molar-refractivity contribution in [3.8, 4) is 0 Å². The molecule has 0 aromatic heterocycles. The Balaban J connectivity index is 1.51. The van der Waals surface area contributed by atoms with E-state index in [9.17, 15) is 14.4 Å². The van der Waals surface area contributed by atoms with Gasteiger partial charge in [0.15, 0.2) is 0 Å². The first kappa shape index (κ1) is 29.8. The summed E-state index contributed by atoms with van der Waals surface area (Å²) in [5, 5.41) is 1.27. The Kier molecular flexibility index (Phi) is 11.0.